The quantitative estimate of drug-likeness (QED) is 0.908. The Labute approximate surface area is 151 Å². The van der Waals surface area contributed by atoms with Crippen LogP contribution in [0, 0.1) is 22.7 Å². The van der Waals surface area contributed by atoms with Crippen LogP contribution < -0.4 is 10.1 Å². The Morgan fingerprint density at radius 1 is 1.12 bits per heavy atom. The molecule has 1 aromatic heterocycles. The summed E-state index contributed by atoms with van der Waals surface area (Å²) in [6.07, 6.45) is 5.97. The number of nitriles is 2. The first kappa shape index (κ1) is 17.4. The van der Waals surface area contributed by atoms with E-state index in [2.05, 4.69) is 15.3 Å². The largest absolute Gasteiger partial charge is 0.472 e. The molecule has 0 atom stereocenters. The summed E-state index contributed by atoms with van der Waals surface area (Å²) in [4.78, 5) is 20.3. The van der Waals surface area contributed by atoms with Gasteiger partial charge >= 0.3 is 0 Å². The lowest BCUT2D eigenvalue weighted by Crippen LogP contribution is -2.39. The van der Waals surface area contributed by atoms with Crippen LogP contribution >= 0.6 is 0 Å². The number of nitrogens with zero attached hydrogens (tertiary/aromatic N) is 4. The molecule has 130 valence electrons. The van der Waals surface area contributed by atoms with Crippen LogP contribution in [0.1, 0.15) is 47.3 Å². The second kappa shape index (κ2) is 8.09. The first-order chi connectivity index (χ1) is 12.7. The smallest absolute Gasteiger partial charge is 0.251 e. The number of nitrogens with one attached hydrogen (secondary N) is 1. The van der Waals surface area contributed by atoms with Crippen molar-refractivity contribution in [1.29, 1.82) is 10.5 Å². The lowest BCUT2D eigenvalue weighted by atomic mass is 9.92. The Morgan fingerprint density at radius 3 is 2.62 bits per heavy atom. The van der Waals surface area contributed by atoms with Crippen molar-refractivity contribution in [2.75, 3.05) is 0 Å². The average Bonchev–Trinajstić information content (AvgIpc) is 2.70. The number of carbonyl (C=O) groups is 1. The highest BCUT2D eigenvalue weighted by atomic mass is 16.5. The molecular formula is C19H17N5O2. The SMILES string of the molecule is N#Cc1cccc(C(=O)NC2CCC(Oc3nccnc3C#N)CC2)c1. The van der Waals surface area contributed by atoms with Gasteiger partial charge < -0.3 is 10.1 Å². The maximum atomic E-state index is 12.3. The standard InChI is InChI=1S/C19H17N5O2/c20-11-13-2-1-3-14(10-13)18(25)24-15-4-6-16(7-5-15)26-19-17(12-21)22-8-9-23-19/h1-3,8-10,15-16H,4-7H2,(H,24,25). The fourth-order valence-corrected chi connectivity index (χ4v) is 2.97. The van der Waals surface area contributed by atoms with E-state index in [1.54, 1.807) is 24.3 Å². The van der Waals surface area contributed by atoms with Crippen molar-refractivity contribution < 1.29 is 9.53 Å². The van der Waals surface area contributed by atoms with Crippen LogP contribution in [0.25, 0.3) is 0 Å². The number of ether oxygens (including phenoxy) is 1. The second-order valence-electron chi connectivity index (χ2n) is 6.08. The molecule has 1 aliphatic carbocycles. The molecule has 1 aliphatic rings. The fraction of sp³-hybridized carbons (Fsp3) is 0.316. The summed E-state index contributed by atoms with van der Waals surface area (Å²) in [6.45, 7) is 0. The van der Waals surface area contributed by atoms with Crippen LogP contribution in [0.5, 0.6) is 5.88 Å². The van der Waals surface area contributed by atoms with Gasteiger partial charge in [-0.3, -0.25) is 4.79 Å². The zero-order valence-corrected chi connectivity index (χ0v) is 14.1. The van der Waals surface area contributed by atoms with Gasteiger partial charge in [0, 0.05) is 24.0 Å². The Kier molecular flexibility index (Phi) is 5.40. The molecule has 0 aliphatic heterocycles. The highest BCUT2D eigenvalue weighted by molar-refractivity contribution is 5.94. The Bertz CT molecular complexity index is 876. The molecule has 7 heteroatoms. The van der Waals surface area contributed by atoms with Gasteiger partial charge in [0.2, 0.25) is 5.69 Å². The maximum absolute atomic E-state index is 12.3. The highest BCUT2D eigenvalue weighted by Gasteiger charge is 2.25. The molecule has 1 saturated carbocycles. The summed E-state index contributed by atoms with van der Waals surface area (Å²) in [5, 5.41) is 21.0. The first-order valence-corrected chi connectivity index (χ1v) is 8.38. The third-order valence-corrected chi connectivity index (χ3v) is 4.31. The van der Waals surface area contributed by atoms with Crippen molar-refractivity contribution in [2.45, 2.75) is 37.8 Å². The minimum atomic E-state index is -0.174. The van der Waals surface area contributed by atoms with E-state index in [4.69, 9.17) is 15.3 Å². The molecule has 7 nitrogen and oxygen atoms in total. The molecule has 1 aromatic carbocycles. The zero-order chi connectivity index (χ0) is 18.4. The van der Waals surface area contributed by atoms with E-state index in [0.717, 1.165) is 25.7 Å². The topological polar surface area (TPSA) is 112 Å². The number of benzene rings is 1. The average molecular weight is 347 g/mol. The fourth-order valence-electron chi connectivity index (χ4n) is 2.97. The minimum Gasteiger partial charge on any atom is -0.472 e. The summed E-state index contributed by atoms with van der Waals surface area (Å²) < 4.78 is 5.80. The van der Waals surface area contributed by atoms with Crippen molar-refractivity contribution in [3.63, 3.8) is 0 Å². The van der Waals surface area contributed by atoms with E-state index < -0.39 is 0 Å². The molecule has 0 spiro atoms. The zero-order valence-electron chi connectivity index (χ0n) is 14.1. The Balaban J connectivity index is 1.53. The predicted molar refractivity (Wildman–Crippen MR) is 92.0 cm³/mol. The highest BCUT2D eigenvalue weighted by Crippen LogP contribution is 2.24. The van der Waals surface area contributed by atoms with Crippen molar-refractivity contribution in [3.05, 3.63) is 53.5 Å². The molecule has 0 saturated heterocycles. The number of rotatable bonds is 4. The van der Waals surface area contributed by atoms with E-state index in [9.17, 15) is 4.79 Å². The Hall–Kier alpha value is -3.45. The summed E-state index contributed by atoms with van der Waals surface area (Å²) in [7, 11) is 0. The molecular weight excluding hydrogens is 330 g/mol. The van der Waals surface area contributed by atoms with Gasteiger partial charge in [-0.2, -0.15) is 10.5 Å². The summed E-state index contributed by atoms with van der Waals surface area (Å²) in [5.74, 6) is 0.0861. The van der Waals surface area contributed by atoms with E-state index in [1.165, 1.54) is 12.4 Å². The maximum Gasteiger partial charge on any atom is 0.251 e. The summed E-state index contributed by atoms with van der Waals surface area (Å²) >= 11 is 0. The molecule has 3 rings (SSSR count). The lowest BCUT2D eigenvalue weighted by molar-refractivity contribution is 0.0889. The number of hydrogen-bond donors (Lipinski definition) is 1. The van der Waals surface area contributed by atoms with Crippen LogP contribution in [-0.2, 0) is 0 Å². The van der Waals surface area contributed by atoms with Gasteiger partial charge in [-0.25, -0.2) is 9.97 Å². The lowest BCUT2D eigenvalue weighted by Gasteiger charge is -2.29. The molecule has 0 radical (unpaired) electrons. The number of aromatic nitrogens is 2. The predicted octanol–water partition coefficient (Wildman–Crippen LogP) is 2.34. The van der Waals surface area contributed by atoms with E-state index in [0.29, 0.717) is 11.1 Å². The third kappa shape index (κ3) is 4.14. The third-order valence-electron chi connectivity index (χ3n) is 4.31. The van der Waals surface area contributed by atoms with Crippen LogP contribution in [0.15, 0.2) is 36.7 Å². The van der Waals surface area contributed by atoms with Gasteiger partial charge in [-0.05, 0) is 43.9 Å². The van der Waals surface area contributed by atoms with E-state index in [1.807, 2.05) is 12.1 Å². The van der Waals surface area contributed by atoms with Crippen molar-refractivity contribution >= 4 is 5.91 Å². The van der Waals surface area contributed by atoms with Crippen molar-refractivity contribution in [2.24, 2.45) is 0 Å². The Morgan fingerprint density at radius 2 is 1.88 bits per heavy atom. The normalized spacial score (nSPS) is 19.0. The van der Waals surface area contributed by atoms with Gasteiger partial charge in [0.15, 0.2) is 0 Å². The minimum absolute atomic E-state index is 0.0473. The molecule has 26 heavy (non-hydrogen) atoms. The molecule has 0 bridgehead atoms. The van der Waals surface area contributed by atoms with Crippen molar-refractivity contribution in [1.82, 2.24) is 15.3 Å². The molecule has 1 fully saturated rings. The number of hydrogen-bond acceptors (Lipinski definition) is 6. The molecule has 2 aromatic rings. The summed E-state index contributed by atoms with van der Waals surface area (Å²) in [5.41, 5.74) is 1.13. The first-order valence-electron chi connectivity index (χ1n) is 8.38. The van der Waals surface area contributed by atoms with Crippen LogP contribution in [0.4, 0.5) is 0 Å². The van der Waals surface area contributed by atoms with Crippen LogP contribution in [-0.4, -0.2) is 28.0 Å². The van der Waals surface area contributed by atoms with Crippen molar-refractivity contribution in [3.8, 4) is 18.0 Å². The van der Waals surface area contributed by atoms with Gasteiger partial charge in [-0.15, -0.1) is 0 Å². The molecule has 1 heterocycles. The van der Waals surface area contributed by atoms with E-state index >= 15 is 0 Å². The molecule has 0 unspecified atom stereocenters. The summed E-state index contributed by atoms with van der Waals surface area (Å²) in [6, 6.07) is 10.7. The number of amides is 1. The second-order valence-corrected chi connectivity index (χ2v) is 6.08. The molecule has 1 amide bonds. The monoisotopic (exact) mass is 347 g/mol. The van der Waals surface area contributed by atoms with Gasteiger partial charge in [-0.1, -0.05) is 6.07 Å². The van der Waals surface area contributed by atoms with Gasteiger partial charge in [0.1, 0.15) is 12.2 Å². The van der Waals surface area contributed by atoms with Crippen LogP contribution in [0.2, 0.25) is 0 Å². The number of carbonyl (C=O) groups excluding carboxylic acids is 1. The van der Waals surface area contributed by atoms with Gasteiger partial charge in [0.25, 0.3) is 11.8 Å². The van der Waals surface area contributed by atoms with Gasteiger partial charge in [0.05, 0.1) is 11.6 Å². The van der Waals surface area contributed by atoms with Crippen LogP contribution in [0.3, 0.4) is 0 Å². The molecule has 1 N–H and O–H groups in total. The van der Waals surface area contributed by atoms with E-state index in [-0.39, 0.29) is 29.6 Å².